The van der Waals surface area contributed by atoms with Crippen LogP contribution in [0.1, 0.15) is 38.8 Å². The summed E-state index contributed by atoms with van der Waals surface area (Å²) in [5.74, 6) is 0.0723. The van der Waals surface area contributed by atoms with Crippen molar-refractivity contribution in [3.8, 4) is 5.75 Å². The summed E-state index contributed by atoms with van der Waals surface area (Å²) in [4.78, 5) is 28.2. The van der Waals surface area contributed by atoms with Crippen molar-refractivity contribution in [1.29, 1.82) is 0 Å². The number of halogens is 1. The van der Waals surface area contributed by atoms with Crippen LogP contribution in [0.15, 0.2) is 47.4 Å². The predicted octanol–water partition coefficient (Wildman–Crippen LogP) is 5.86. The summed E-state index contributed by atoms with van der Waals surface area (Å²) in [6.45, 7) is 9.79. The minimum atomic E-state index is -0.337. The molecule has 0 aromatic heterocycles. The lowest BCUT2D eigenvalue weighted by molar-refractivity contribution is -0.119. The number of rotatable bonds is 6. The van der Waals surface area contributed by atoms with Crippen LogP contribution in [0.2, 0.25) is 5.02 Å². The Hall–Kier alpha value is -2.24. The van der Waals surface area contributed by atoms with E-state index in [1.165, 1.54) is 16.7 Å². The minimum absolute atomic E-state index is 0.0589. The molecule has 2 aromatic rings. The fourth-order valence-corrected chi connectivity index (χ4v) is 4.20. The number of hydrogen-bond donors (Lipinski definition) is 0. The average Bonchev–Trinajstić information content (AvgIpc) is 2.87. The molecule has 0 bridgehead atoms. The quantitative estimate of drug-likeness (QED) is 0.539. The zero-order valence-electron chi connectivity index (χ0n) is 17.2. The molecular weight excluding hydrogens is 406 g/mol. The van der Waals surface area contributed by atoms with Gasteiger partial charge in [-0.25, -0.2) is 4.90 Å². The largest absolute Gasteiger partial charge is 0.491 e. The number of ether oxygens (including phenoxy) is 1. The van der Waals surface area contributed by atoms with Crippen LogP contribution in [0.3, 0.4) is 0 Å². The van der Waals surface area contributed by atoms with Gasteiger partial charge < -0.3 is 4.74 Å². The fraction of sp³-hybridized carbons (Fsp3) is 0.304. The van der Waals surface area contributed by atoms with E-state index in [4.69, 9.17) is 16.3 Å². The standard InChI is InChI=1S/C23H24ClNO3S/c1-13(2)28-18-10-7-16(8-11-18)20-21(29-14(3)4)23(27)25(22(20)26)17-9-6-15(5)19(24)12-17/h6-14H,1-5H3. The van der Waals surface area contributed by atoms with Crippen molar-refractivity contribution >= 4 is 46.4 Å². The van der Waals surface area contributed by atoms with Gasteiger partial charge in [0.15, 0.2) is 0 Å². The smallest absolute Gasteiger partial charge is 0.272 e. The Bertz CT molecular complexity index is 980. The lowest BCUT2D eigenvalue weighted by atomic mass is 10.1. The molecular formula is C23H24ClNO3S. The second-order valence-electron chi connectivity index (χ2n) is 7.44. The highest BCUT2D eigenvalue weighted by molar-refractivity contribution is 8.04. The van der Waals surface area contributed by atoms with Crippen LogP contribution >= 0.6 is 23.4 Å². The molecule has 4 nitrogen and oxygen atoms in total. The van der Waals surface area contributed by atoms with E-state index < -0.39 is 0 Å². The Balaban J connectivity index is 2.04. The normalized spacial score (nSPS) is 14.6. The third-order valence-corrected chi connectivity index (χ3v) is 5.82. The Morgan fingerprint density at radius 2 is 1.62 bits per heavy atom. The molecule has 1 aliphatic rings. The average molecular weight is 430 g/mol. The summed E-state index contributed by atoms with van der Waals surface area (Å²) in [5.41, 5.74) is 2.48. The second kappa shape index (κ2) is 8.64. The zero-order chi connectivity index (χ0) is 21.3. The number of benzene rings is 2. The van der Waals surface area contributed by atoms with Gasteiger partial charge in [0.1, 0.15) is 5.75 Å². The summed E-state index contributed by atoms with van der Waals surface area (Å²) < 4.78 is 5.69. The predicted molar refractivity (Wildman–Crippen MR) is 121 cm³/mol. The van der Waals surface area contributed by atoms with Crippen LogP contribution in [0, 0.1) is 6.92 Å². The van der Waals surface area contributed by atoms with Gasteiger partial charge in [0.2, 0.25) is 0 Å². The number of carbonyl (C=O) groups is 2. The van der Waals surface area contributed by atoms with Crippen LogP contribution in [0.4, 0.5) is 5.69 Å². The molecule has 1 heterocycles. The number of imide groups is 1. The molecule has 6 heteroatoms. The Morgan fingerprint density at radius 1 is 0.966 bits per heavy atom. The van der Waals surface area contributed by atoms with Crippen LogP contribution in [0.5, 0.6) is 5.75 Å². The second-order valence-corrected chi connectivity index (χ2v) is 9.43. The molecule has 29 heavy (non-hydrogen) atoms. The summed E-state index contributed by atoms with van der Waals surface area (Å²) in [7, 11) is 0. The number of carbonyl (C=O) groups excluding carboxylic acids is 2. The van der Waals surface area contributed by atoms with Gasteiger partial charge >= 0.3 is 0 Å². The SMILES string of the molecule is Cc1ccc(N2C(=O)C(SC(C)C)=C(c3ccc(OC(C)C)cc3)C2=O)cc1Cl. The van der Waals surface area contributed by atoms with Gasteiger partial charge in [0.25, 0.3) is 11.8 Å². The molecule has 2 aromatic carbocycles. The van der Waals surface area contributed by atoms with Crippen molar-refractivity contribution in [2.45, 2.75) is 46.0 Å². The number of nitrogens with zero attached hydrogens (tertiary/aromatic N) is 1. The molecule has 152 valence electrons. The van der Waals surface area contributed by atoms with Crippen molar-refractivity contribution in [3.63, 3.8) is 0 Å². The van der Waals surface area contributed by atoms with E-state index in [0.717, 1.165) is 11.3 Å². The minimum Gasteiger partial charge on any atom is -0.491 e. The summed E-state index contributed by atoms with van der Waals surface area (Å²) in [6, 6.07) is 12.5. The van der Waals surface area contributed by atoms with Crippen LogP contribution < -0.4 is 9.64 Å². The molecule has 0 N–H and O–H groups in total. The first-order valence-electron chi connectivity index (χ1n) is 9.52. The van der Waals surface area contributed by atoms with Crippen LogP contribution in [-0.4, -0.2) is 23.2 Å². The first-order valence-corrected chi connectivity index (χ1v) is 10.8. The van der Waals surface area contributed by atoms with Gasteiger partial charge in [-0.3, -0.25) is 9.59 Å². The molecule has 0 spiro atoms. The van der Waals surface area contributed by atoms with Gasteiger partial charge in [-0.05, 0) is 56.2 Å². The van der Waals surface area contributed by atoms with E-state index in [2.05, 4.69) is 0 Å². The maximum Gasteiger partial charge on any atom is 0.272 e. The number of aryl methyl sites for hydroxylation is 1. The van der Waals surface area contributed by atoms with Crippen LogP contribution in [0.25, 0.3) is 5.57 Å². The van der Waals surface area contributed by atoms with E-state index in [9.17, 15) is 9.59 Å². The Kier molecular flexibility index (Phi) is 6.39. The zero-order valence-corrected chi connectivity index (χ0v) is 18.7. The molecule has 0 saturated heterocycles. The van der Waals surface area contributed by atoms with E-state index in [-0.39, 0.29) is 23.2 Å². The highest BCUT2D eigenvalue weighted by Crippen LogP contribution is 2.40. The Morgan fingerprint density at radius 3 is 2.17 bits per heavy atom. The van der Waals surface area contributed by atoms with Crippen molar-refractivity contribution < 1.29 is 14.3 Å². The number of amides is 2. The summed E-state index contributed by atoms with van der Waals surface area (Å²) >= 11 is 7.64. The molecule has 2 amide bonds. The van der Waals surface area contributed by atoms with Gasteiger partial charge in [0.05, 0.1) is 22.3 Å². The van der Waals surface area contributed by atoms with Crippen molar-refractivity contribution in [2.24, 2.45) is 0 Å². The van der Waals surface area contributed by atoms with Gasteiger partial charge in [-0.15, -0.1) is 11.8 Å². The van der Waals surface area contributed by atoms with Crippen molar-refractivity contribution in [3.05, 3.63) is 63.5 Å². The molecule has 3 rings (SSSR count). The lowest BCUT2D eigenvalue weighted by Crippen LogP contribution is -2.31. The third-order valence-electron chi connectivity index (χ3n) is 4.32. The topological polar surface area (TPSA) is 46.6 Å². The van der Waals surface area contributed by atoms with E-state index in [0.29, 0.717) is 26.8 Å². The first kappa shape index (κ1) is 21.5. The van der Waals surface area contributed by atoms with E-state index >= 15 is 0 Å². The molecule has 0 atom stereocenters. The van der Waals surface area contributed by atoms with E-state index in [1.54, 1.807) is 12.1 Å². The fourth-order valence-electron chi connectivity index (χ4n) is 3.04. The van der Waals surface area contributed by atoms with Crippen molar-refractivity contribution in [2.75, 3.05) is 4.90 Å². The van der Waals surface area contributed by atoms with Crippen molar-refractivity contribution in [1.82, 2.24) is 0 Å². The highest BCUT2D eigenvalue weighted by atomic mass is 35.5. The maximum absolute atomic E-state index is 13.3. The lowest BCUT2D eigenvalue weighted by Gasteiger charge is -2.16. The molecule has 0 radical (unpaired) electrons. The number of thioether (sulfide) groups is 1. The highest BCUT2D eigenvalue weighted by Gasteiger charge is 2.40. The maximum atomic E-state index is 13.3. The number of anilines is 1. The molecule has 0 unspecified atom stereocenters. The molecule has 0 aliphatic carbocycles. The third kappa shape index (κ3) is 4.51. The molecule has 0 fully saturated rings. The van der Waals surface area contributed by atoms with Gasteiger partial charge in [-0.1, -0.05) is 43.6 Å². The Labute approximate surface area is 180 Å². The summed E-state index contributed by atoms with van der Waals surface area (Å²) in [6.07, 6.45) is 0.0589. The number of hydrogen-bond acceptors (Lipinski definition) is 4. The van der Waals surface area contributed by atoms with Gasteiger partial charge in [-0.2, -0.15) is 0 Å². The molecule has 1 aliphatic heterocycles. The van der Waals surface area contributed by atoms with E-state index in [1.807, 2.05) is 65.0 Å². The first-order chi connectivity index (χ1) is 13.7. The van der Waals surface area contributed by atoms with Gasteiger partial charge in [0, 0.05) is 10.3 Å². The molecule has 0 saturated carbocycles. The van der Waals surface area contributed by atoms with Crippen LogP contribution in [-0.2, 0) is 9.59 Å². The monoisotopic (exact) mass is 429 g/mol. The summed E-state index contributed by atoms with van der Waals surface area (Å²) in [5, 5.41) is 0.673.